The predicted octanol–water partition coefficient (Wildman–Crippen LogP) is 3.93. The Balaban J connectivity index is 1.40. The molecule has 0 saturated heterocycles. The first-order chi connectivity index (χ1) is 14.6. The maximum absolute atomic E-state index is 12.5. The molecule has 0 radical (unpaired) electrons. The lowest BCUT2D eigenvalue weighted by Gasteiger charge is -2.25. The van der Waals surface area contributed by atoms with E-state index < -0.39 is 0 Å². The number of para-hydroxylation sites is 3. The van der Waals surface area contributed by atoms with Gasteiger partial charge in [0.2, 0.25) is 5.91 Å². The normalized spacial score (nSPS) is 15.1. The Bertz CT molecular complexity index is 1070. The number of nitrogens with zero attached hydrogens (tertiary/aromatic N) is 3. The van der Waals surface area contributed by atoms with Crippen LogP contribution >= 0.6 is 11.8 Å². The first-order valence-corrected chi connectivity index (χ1v) is 10.8. The summed E-state index contributed by atoms with van der Waals surface area (Å²) in [6.45, 7) is 4.44. The Labute approximate surface area is 179 Å². The fourth-order valence-electron chi connectivity index (χ4n) is 3.39. The van der Waals surface area contributed by atoms with Crippen LogP contribution in [-0.4, -0.2) is 33.0 Å². The Kier molecular flexibility index (Phi) is 5.94. The van der Waals surface area contributed by atoms with Crippen molar-refractivity contribution < 1.29 is 14.3 Å². The number of benzene rings is 2. The van der Waals surface area contributed by atoms with E-state index in [0.717, 1.165) is 29.0 Å². The third-order valence-electron chi connectivity index (χ3n) is 5.00. The van der Waals surface area contributed by atoms with Crippen molar-refractivity contribution >= 4 is 23.4 Å². The molecule has 30 heavy (non-hydrogen) atoms. The topological polar surface area (TPSA) is 78.3 Å². The highest BCUT2D eigenvalue weighted by Crippen LogP contribution is 2.35. The number of rotatable bonds is 6. The van der Waals surface area contributed by atoms with Gasteiger partial charge in [0.25, 0.3) is 0 Å². The molecular formula is C22H24N4O3S. The lowest BCUT2D eigenvalue weighted by Crippen LogP contribution is -2.24. The zero-order valence-corrected chi connectivity index (χ0v) is 18.0. The second-order valence-corrected chi connectivity index (χ2v) is 8.01. The predicted molar refractivity (Wildman–Crippen MR) is 116 cm³/mol. The monoisotopic (exact) mass is 424 g/mol. The molecule has 156 valence electrons. The summed E-state index contributed by atoms with van der Waals surface area (Å²) in [5.41, 5.74) is 3.09. The highest BCUT2D eigenvalue weighted by Gasteiger charge is 2.27. The lowest BCUT2D eigenvalue weighted by atomic mass is 10.1. The highest BCUT2D eigenvalue weighted by atomic mass is 32.2. The SMILES string of the molecule is CCc1cccc(C)c1NC(=O)CSc1nnc(C2COc3ccccc3O2)n1C. The van der Waals surface area contributed by atoms with Crippen LogP contribution < -0.4 is 14.8 Å². The molecule has 1 amide bonds. The van der Waals surface area contributed by atoms with Gasteiger partial charge in [-0.1, -0.05) is 49.0 Å². The number of hydrogen-bond donors (Lipinski definition) is 1. The van der Waals surface area contributed by atoms with Gasteiger partial charge < -0.3 is 19.4 Å². The van der Waals surface area contributed by atoms with Crippen LogP contribution in [0.4, 0.5) is 5.69 Å². The molecule has 0 bridgehead atoms. The molecule has 2 heterocycles. The van der Waals surface area contributed by atoms with Crippen molar-refractivity contribution in [3.05, 3.63) is 59.4 Å². The molecule has 2 aromatic carbocycles. The molecule has 0 aliphatic carbocycles. The quantitative estimate of drug-likeness (QED) is 0.604. The van der Waals surface area contributed by atoms with Gasteiger partial charge in [0.1, 0.15) is 6.61 Å². The number of fused-ring (bicyclic) bond motifs is 1. The van der Waals surface area contributed by atoms with E-state index >= 15 is 0 Å². The first kappa shape index (κ1) is 20.3. The van der Waals surface area contributed by atoms with Gasteiger partial charge in [-0.25, -0.2) is 0 Å². The van der Waals surface area contributed by atoms with E-state index in [1.165, 1.54) is 11.8 Å². The van der Waals surface area contributed by atoms with Crippen molar-refractivity contribution in [1.29, 1.82) is 0 Å². The maximum Gasteiger partial charge on any atom is 0.234 e. The summed E-state index contributed by atoms with van der Waals surface area (Å²) in [5.74, 6) is 2.26. The minimum absolute atomic E-state index is 0.0697. The van der Waals surface area contributed by atoms with Crippen LogP contribution in [-0.2, 0) is 18.3 Å². The summed E-state index contributed by atoms with van der Waals surface area (Å²) in [7, 11) is 1.87. The van der Waals surface area contributed by atoms with E-state index in [-0.39, 0.29) is 17.8 Å². The Morgan fingerprint density at radius 2 is 2.00 bits per heavy atom. The molecule has 3 aromatic rings. The Morgan fingerprint density at radius 1 is 1.20 bits per heavy atom. The number of anilines is 1. The average Bonchev–Trinajstić information content (AvgIpc) is 3.13. The standard InChI is InChI=1S/C22H24N4O3S/c1-4-15-9-7-8-14(2)20(15)23-19(27)13-30-22-25-24-21(26(22)3)18-12-28-16-10-5-6-11-17(16)29-18/h5-11,18H,4,12-13H2,1-3H3,(H,23,27). The van der Waals surface area contributed by atoms with E-state index in [4.69, 9.17) is 9.47 Å². The van der Waals surface area contributed by atoms with Gasteiger partial charge in [-0.05, 0) is 36.6 Å². The first-order valence-electron chi connectivity index (χ1n) is 9.85. The summed E-state index contributed by atoms with van der Waals surface area (Å²) < 4.78 is 13.6. The maximum atomic E-state index is 12.5. The largest absolute Gasteiger partial charge is 0.485 e. The van der Waals surface area contributed by atoms with Crippen LogP contribution in [0.1, 0.15) is 30.0 Å². The molecule has 0 spiro atoms. The van der Waals surface area contributed by atoms with Crippen molar-refractivity contribution in [2.75, 3.05) is 17.7 Å². The Hall–Kier alpha value is -3.00. The average molecular weight is 425 g/mol. The van der Waals surface area contributed by atoms with E-state index in [1.54, 1.807) is 0 Å². The fraction of sp³-hybridized carbons (Fsp3) is 0.318. The second-order valence-electron chi connectivity index (χ2n) is 7.06. The summed E-state index contributed by atoms with van der Waals surface area (Å²) in [4.78, 5) is 12.5. The molecule has 1 unspecified atom stereocenters. The molecule has 1 N–H and O–H groups in total. The number of aryl methyl sites for hydroxylation is 2. The van der Waals surface area contributed by atoms with Gasteiger partial charge in [0.15, 0.2) is 28.6 Å². The number of hydrogen-bond acceptors (Lipinski definition) is 6. The van der Waals surface area contributed by atoms with E-state index in [9.17, 15) is 4.79 Å². The van der Waals surface area contributed by atoms with E-state index in [1.807, 2.05) is 61.0 Å². The molecule has 7 nitrogen and oxygen atoms in total. The van der Waals surface area contributed by atoms with Gasteiger partial charge in [0.05, 0.1) is 5.75 Å². The summed E-state index contributed by atoms with van der Waals surface area (Å²) in [6, 6.07) is 13.6. The molecule has 1 aromatic heterocycles. The van der Waals surface area contributed by atoms with Crippen molar-refractivity contribution in [3.63, 3.8) is 0 Å². The fourth-order valence-corrected chi connectivity index (χ4v) is 4.10. The molecule has 4 rings (SSSR count). The van der Waals surface area contributed by atoms with Crippen LogP contribution in [0.3, 0.4) is 0 Å². The number of amides is 1. The molecule has 1 aliphatic heterocycles. The third kappa shape index (κ3) is 4.14. The smallest absolute Gasteiger partial charge is 0.234 e. The molecule has 8 heteroatoms. The summed E-state index contributed by atoms with van der Waals surface area (Å²) in [5, 5.41) is 12.2. The number of carbonyl (C=O) groups excluding carboxylic acids is 1. The van der Waals surface area contributed by atoms with Crippen LogP contribution in [0.15, 0.2) is 47.6 Å². The number of nitrogens with one attached hydrogen (secondary N) is 1. The molecule has 1 atom stereocenters. The molecule has 1 aliphatic rings. The zero-order chi connectivity index (χ0) is 21.1. The van der Waals surface area contributed by atoms with E-state index in [2.05, 4.69) is 22.4 Å². The summed E-state index contributed by atoms with van der Waals surface area (Å²) >= 11 is 1.35. The van der Waals surface area contributed by atoms with Crippen molar-refractivity contribution in [1.82, 2.24) is 14.8 Å². The Morgan fingerprint density at radius 3 is 2.80 bits per heavy atom. The minimum atomic E-state index is -0.348. The number of ether oxygens (including phenoxy) is 2. The zero-order valence-electron chi connectivity index (χ0n) is 17.2. The van der Waals surface area contributed by atoms with Crippen LogP contribution in [0.2, 0.25) is 0 Å². The van der Waals surface area contributed by atoms with Crippen molar-refractivity contribution in [3.8, 4) is 11.5 Å². The van der Waals surface area contributed by atoms with Crippen LogP contribution in [0.25, 0.3) is 0 Å². The van der Waals surface area contributed by atoms with Crippen LogP contribution in [0, 0.1) is 6.92 Å². The third-order valence-corrected chi connectivity index (χ3v) is 6.02. The second kappa shape index (κ2) is 8.79. The molecular weight excluding hydrogens is 400 g/mol. The van der Waals surface area contributed by atoms with Gasteiger partial charge in [-0.15, -0.1) is 10.2 Å². The van der Waals surface area contributed by atoms with E-state index in [0.29, 0.717) is 23.3 Å². The van der Waals surface area contributed by atoms with Gasteiger partial charge in [-0.2, -0.15) is 0 Å². The van der Waals surface area contributed by atoms with Gasteiger partial charge in [-0.3, -0.25) is 4.79 Å². The molecule has 0 fully saturated rings. The van der Waals surface area contributed by atoms with Gasteiger partial charge >= 0.3 is 0 Å². The van der Waals surface area contributed by atoms with Crippen LogP contribution in [0.5, 0.6) is 11.5 Å². The molecule has 0 saturated carbocycles. The number of thioether (sulfide) groups is 1. The number of carbonyl (C=O) groups is 1. The van der Waals surface area contributed by atoms with Crippen molar-refractivity contribution in [2.45, 2.75) is 31.5 Å². The summed E-state index contributed by atoms with van der Waals surface area (Å²) in [6.07, 6.45) is 0.517. The minimum Gasteiger partial charge on any atom is -0.485 e. The van der Waals surface area contributed by atoms with Crippen molar-refractivity contribution in [2.24, 2.45) is 7.05 Å². The highest BCUT2D eigenvalue weighted by molar-refractivity contribution is 7.99. The lowest BCUT2D eigenvalue weighted by molar-refractivity contribution is -0.113. The van der Waals surface area contributed by atoms with Gasteiger partial charge in [0, 0.05) is 12.7 Å². The number of aromatic nitrogens is 3.